The summed E-state index contributed by atoms with van der Waals surface area (Å²) in [6.45, 7) is 4.67. The second-order valence-corrected chi connectivity index (χ2v) is 4.70. The Hall–Kier alpha value is -0.340. The summed E-state index contributed by atoms with van der Waals surface area (Å²) in [6.07, 6.45) is 3.09. The van der Waals surface area contributed by atoms with E-state index in [-0.39, 0.29) is 6.61 Å². The molecule has 0 unspecified atom stereocenters. The zero-order valence-corrected chi connectivity index (χ0v) is 11.0. The first-order valence-electron chi connectivity index (χ1n) is 5.62. The number of aliphatic hydroxyl groups excluding tert-OH is 1. The molecule has 0 atom stereocenters. The normalized spacial score (nSPS) is 11.0. The van der Waals surface area contributed by atoms with Crippen LogP contribution in [0.2, 0.25) is 0 Å². The minimum atomic E-state index is 0.219. The Morgan fingerprint density at radius 1 is 1.27 bits per heavy atom. The number of benzene rings is 1. The highest BCUT2D eigenvalue weighted by atomic mass is 79.9. The molecule has 0 aliphatic rings. The maximum atomic E-state index is 8.87. The standard InChI is InChI=1S/C13H19BrO/c1-3-11(4-2)12-6-5-10(7-8-15)9-13(12)14/h5-6,9,11,15H,3-4,7-8H2,1-2H3. The average molecular weight is 271 g/mol. The van der Waals surface area contributed by atoms with E-state index in [1.165, 1.54) is 28.4 Å². The van der Waals surface area contributed by atoms with Crippen molar-refractivity contribution < 1.29 is 5.11 Å². The molecule has 0 amide bonds. The molecule has 84 valence electrons. The third kappa shape index (κ3) is 3.32. The van der Waals surface area contributed by atoms with Gasteiger partial charge in [0.1, 0.15) is 0 Å². The summed E-state index contributed by atoms with van der Waals surface area (Å²) in [5, 5.41) is 8.87. The van der Waals surface area contributed by atoms with E-state index in [1.807, 2.05) is 0 Å². The second-order valence-electron chi connectivity index (χ2n) is 3.84. The third-order valence-electron chi connectivity index (χ3n) is 2.89. The van der Waals surface area contributed by atoms with Crippen LogP contribution in [0.3, 0.4) is 0 Å². The van der Waals surface area contributed by atoms with Crippen LogP contribution in [-0.4, -0.2) is 11.7 Å². The van der Waals surface area contributed by atoms with Gasteiger partial charge in [0, 0.05) is 11.1 Å². The Kier molecular flexibility index (Phi) is 5.34. The predicted molar refractivity (Wildman–Crippen MR) is 68.3 cm³/mol. The molecule has 0 saturated carbocycles. The molecule has 0 spiro atoms. The Morgan fingerprint density at radius 3 is 2.40 bits per heavy atom. The summed E-state index contributed by atoms with van der Waals surface area (Å²) in [7, 11) is 0. The summed E-state index contributed by atoms with van der Waals surface area (Å²) in [5.41, 5.74) is 2.58. The molecular formula is C13H19BrO. The lowest BCUT2D eigenvalue weighted by Crippen LogP contribution is -1.98. The first-order chi connectivity index (χ1) is 7.22. The minimum Gasteiger partial charge on any atom is -0.396 e. The maximum Gasteiger partial charge on any atom is 0.0471 e. The molecule has 1 aromatic carbocycles. The van der Waals surface area contributed by atoms with E-state index in [0.29, 0.717) is 5.92 Å². The van der Waals surface area contributed by atoms with Crippen molar-refractivity contribution in [2.75, 3.05) is 6.61 Å². The SMILES string of the molecule is CCC(CC)c1ccc(CCO)cc1Br. The van der Waals surface area contributed by atoms with Gasteiger partial charge in [-0.25, -0.2) is 0 Å². The molecule has 0 aromatic heterocycles. The van der Waals surface area contributed by atoms with Crippen LogP contribution in [0.25, 0.3) is 0 Å². The molecule has 0 fully saturated rings. The molecule has 0 heterocycles. The van der Waals surface area contributed by atoms with E-state index in [1.54, 1.807) is 0 Å². The van der Waals surface area contributed by atoms with Gasteiger partial charge in [0.25, 0.3) is 0 Å². The maximum absolute atomic E-state index is 8.87. The number of rotatable bonds is 5. The van der Waals surface area contributed by atoms with E-state index in [0.717, 1.165) is 6.42 Å². The van der Waals surface area contributed by atoms with Gasteiger partial charge < -0.3 is 5.11 Å². The van der Waals surface area contributed by atoms with Crippen LogP contribution in [-0.2, 0) is 6.42 Å². The fourth-order valence-corrected chi connectivity index (χ4v) is 2.66. The average Bonchev–Trinajstić information content (AvgIpc) is 2.23. The van der Waals surface area contributed by atoms with E-state index >= 15 is 0 Å². The lowest BCUT2D eigenvalue weighted by atomic mass is 9.93. The lowest BCUT2D eigenvalue weighted by molar-refractivity contribution is 0.299. The van der Waals surface area contributed by atoms with Crippen LogP contribution in [0.5, 0.6) is 0 Å². The number of hydrogen-bond acceptors (Lipinski definition) is 1. The Morgan fingerprint density at radius 2 is 1.93 bits per heavy atom. The zero-order chi connectivity index (χ0) is 11.3. The summed E-state index contributed by atoms with van der Waals surface area (Å²) >= 11 is 3.62. The van der Waals surface area contributed by atoms with Crippen molar-refractivity contribution in [2.45, 2.75) is 39.0 Å². The highest BCUT2D eigenvalue weighted by molar-refractivity contribution is 9.10. The first-order valence-corrected chi connectivity index (χ1v) is 6.41. The zero-order valence-electron chi connectivity index (χ0n) is 9.46. The van der Waals surface area contributed by atoms with Crippen molar-refractivity contribution in [1.29, 1.82) is 0 Å². The molecule has 15 heavy (non-hydrogen) atoms. The fraction of sp³-hybridized carbons (Fsp3) is 0.538. The Balaban J connectivity index is 2.91. The molecule has 0 saturated heterocycles. The molecule has 2 heteroatoms. The molecule has 0 radical (unpaired) electrons. The molecule has 1 rings (SSSR count). The largest absolute Gasteiger partial charge is 0.396 e. The Bertz CT molecular complexity index is 305. The van der Waals surface area contributed by atoms with Crippen molar-refractivity contribution in [3.63, 3.8) is 0 Å². The summed E-state index contributed by atoms with van der Waals surface area (Å²) < 4.78 is 1.18. The summed E-state index contributed by atoms with van der Waals surface area (Å²) in [4.78, 5) is 0. The van der Waals surface area contributed by atoms with Crippen molar-refractivity contribution in [2.24, 2.45) is 0 Å². The minimum absolute atomic E-state index is 0.219. The topological polar surface area (TPSA) is 20.2 Å². The smallest absolute Gasteiger partial charge is 0.0471 e. The van der Waals surface area contributed by atoms with Gasteiger partial charge in [-0.3, -0.25) is 0 Å². The highest BCUT2D eigenvalue weighted by Crippen LogP contribution is 2.30. The van der Waals surface area contributed by atoms with Gasteiger partial charge in [0.15, 0.2) is 0 Å². The van der Waals surface area contributed by atoms with E-state index in [9.17, 15) is 0 Å². The third-order valence-corrected chi connectivity index (χ3v) is 3.58. The van der Waals surface area contributed by atoms with E-state index < -0.39 is 0 Å². The molecule has 1 nitrogen and oxygen atoms in total. The fourth-order valence-electron chi connectivity index (χ4n) is 1.91. The molecular weight excluding hydrogens is 252 g/mol. The van der Waals surface area contributed by atoms with Gasteiger partial charge in [0.05, 0.1) is 0 Å². The van der Waals surface area contributed by atoms with Gasteiger partial charge in [-0.05, 0) is 42.4 Å². The van der Waals surface area contributed by atoms with E-state index in [2.05, 4.69) is 48.0 Å². The monoisotopic (exact) mass is 270 g/mol. The second kappa shape index (κ2) is 6.29. The number of aliphatic hydroxyl groups is 1. The molecule has 0 aliphatic carbocycles. The molecule has 1 aromatic rings. The van der Waals surface area contributed by atoms with Gasteiger partial charge in [-0.1, -0.05) is 41.9 Å². The van der Waals surface area contributed by atoms with Crippen molar-refractivity contribution >= 4 is 15.9 Å². The van der Waals surface area contributed by atoms with Crippen LogP contribution < -0.4 is 0 Å². The number of halogens is 1. The molecule has 0 aliphatic heterocycles. The van der Waals surface area contributed by atoms with Crippen molar-refractivity contribution in [3.05, 3.63) is 33.8 Å². The predicted octanol–water partition coefficient (Wildman–Crippen LogP) is 3.89. The van der Waals surface area contributed by atoms with Crippen LogP contribution in [0.4, 0.5) is 0 Å². The first kappa shape index (κ1) is 12.7. The van der Waals surface area contributed by atoms with Crippen molar-refractivity contribution in [3.8, 4) is 0 Å². The summed E-state index contributed by atoms with van der Waals surface area (Å²) in [5.74, 6) is 0.641. The quantitative estimate of drug-likeness (QED) is 0.861. The van der Waals surface area contributed by atoms with Gasteiger partial charge in [-0.2, -0.15) is 0 Å². The van der Waals surface area contributed by atoms with Crippen LogP contribution >= 0.6 is 15.9 Å². The Labute approximate surface area is 101 Å². The number of hydrogen-bond donors (Lipinski definition) is 1. The van der Waals surface area contributed by atoms with Gasteiger partial charge in [-0.15, -0.1) is 0 Å². The molecule has 0 bridgehead atoms. The van der Waals surface area contributed by atoms with Gasteiger partial charge in [0.2, 0.25) is 0 Å². The highest BCUT2D eigenvalue weighted by Gasteiger charge is 2.10. The van der Waals surface area contributed by atoms with Crippen LogP contribution in [0, 0.1) is 0 Å². The lowest BCUT2D eigenvalue weighted by Gasteiger charge is -2.15. The van der Waals surface area contributed by atoms with Crippen LogP contribution in [0.15, 0.2) is 22.7 Å². The van der Waals surface area contributed by atoms with E-state index in [4.69, 9.17) is 5.11 Å². The molecule has 1 N–H and O–H groups in total. The van der Waals surface area contributed by atoms with Crippen molar-refractivity contribution in [1.82, 2.24) is 0 Å². The summed E-state index contributed by atoms with van der Waals surface area (Å²) in [6, 6.07) is 6.44. The van der Waals surface area contributed by atoms with Gasteiger partial charge >= 0.3 is 0 Å². The van der Waals surface area contributed by atoms with Crippen LogP contribution in [0.1, 0.15) is 43.7 Å².